The van der Waals surface area contributed by atoms with Crippen molar-refractivity contribution < 1.29 is 14.0 Å². The summed E-state index contributed by atoms with van der Waals surface area (Å²) < 4.78 is 13.3. The number of hydrogen-bond acceptors (Lipinski definition) is 3. The number of halogens is 2. The smallest absolute Gasteiger partial charge is 0.247 e. The second-order valence-electron chi connectivity index (χ2n) is 7.40. The van der Waals surface area contributed by atoms with Crippen molar-refractivity contribution in [3.63, 3.8) is 0 Å². The molecule has 2 N–H and O–H groups in total. The maximum atomic E-state index is 13.3. The molecule has 2 aromatic carbocycles. The molecule has 1 atom stereocenters. The molecule has 2 amide bonds. The second-order valence-corrected chi connectivity index (χ2v) is 7.40. The largest absolute Gasteiger partial charge is 0.341 e. The minimum absolute atomic E-state index is 0. The Balaban J connectivity index is 0.00000300. The Labute approximate surface area is 177 Å². The topological polar surface area (TPSA) is 66.6 Å². The van der Waals surface area contributed by atoms with E-state index in [9.17, 15) is 14.0 Å². The van der Waals surface area contributed by atoms with Gasteiger partial charge in [0.05, 0.1) is 6.42 Å². The molecular weight excluding hydrogens is 393 g/mol. The van der Waals surface area contributed by atoms with E-state index >= 15 is 0 Å². The van der Waals surface area contributed by atoms with Gasteiger partial charge in [0.2, 0.25) is 11.8 Å². The molecule has 0 radical (unpaired) electrons. The molecule has 1 saturated heterocycles. The van der Waals surface area contributed by atoms with Crippen LogP contribution in [0, 0.1) is 5.82 Å². The van der Waals surface area contributed by atoms with Crippen molar-refractivity contribution in [1.29, 1.82) is 0 Å². The van der Waals surface area contributed by atoms with E-state index in [0.29, 0.717) is 38.2 Å². The molecule has 29 heavy (non-hydrogen) atoms. The van der Waals surface area contributed by atoms with Crippen LogP contribution >= 0.6 is 12.4 Å². The predicted molar refractivity (Wildman–Crippen MR) is 113 cm³/mol. The number of benzene rings is 2. The molecule has 2 aromatic rings. The zero-order valence-electron chi connectivity index (χ0n) is 16.5. The zero-order chi connectivity index (χ0) is 20.1. The van der Waals surface area contributed by atoms with Crippen molar-refractivity contribution in [3.05, 3.63) is 71.5 Å². The van der Waals surface area contributed by atoms with Crippen LogP contribution in [0.1, 0.15) is 24.5 Å². The van der Waals surface area contributed by atoms with Crippen molar-refractivity contribution in [2.24, 2.45) is 5.73 Å². The molecular formula is C22H27ClFN3O2. The Morgan fingerprint density at radius 3 is 2.34 bits per heavy atom. The van der Waals surface area contributed by atoms with Gasteiger partial charge in [0, 0.05) is 26.2 Å². The van der Waals surface area contributed by atoms with E-state index < -0.39 is 5.54 Å². The highest BCUT2D eigenvalue weighted by Crippen LogP contribution is 2.21. The van der Waals surface area contributed by atoms with E-state index in [2.05, 4.69) is 0 Å². The average Bonchev–Trinajstić information content (AvgIpc) is 2.94. The van der Waals surface area contributed by atoms with Gasteiger partial charge in [-0.15, -0.1) is 12.4 Å². The molecule has 5 nitrogen and oxygen atoms in total. The first-order valence-electron chi connectivity index (χ1n) is 9.54. The molecule has 156 valence electrons. The zero-order valence-corrected chi connectivity index (χ0v) is 17.3. The molecule has 7 heteroatoms. The summed E-state index contributed by atoms with van der Waals surface area (Å²) in [5.74, 6) is -0.544. The van der Waals surface area contributed by atoms with Crippen molar-refractivity contribution >= 4 is 24.2 Å². The first-order chi connectivity index (χ1) is 13.4. The SMILES string of the molecule is CC(N)(C(=O)N1CCCN(C(=O)Cc2cccc(F)c2)CC1)c1ccccc1.Cl. The molecule has 1 aliphatic heterocycles. The summed E-state index contributed by atoms with van der Waals surface area (Å²) in [6.07, 6.45) is 0.843. The molecule has 0 aromatic heterocycles. The van der Waals surface area contributed by atoms with Crippen molar-refractivity contribution in [3.8, 4) is 0 Å². The molecule has 1 fully saturated rings. The predicted octanol–water partition coefficient (Wildman–Crippen LogP) is 2.73. The van der Waals surface area contributed by atoms with Crippen LogP contribution < -0.4 is 5.73 Å². The van der Waals surface area contributed by atoms with Crippen LogP contribution in [0.15, 0.2) is 54.6 Å². The maximum absolute atomic E-state index is 13.3. The number of rotatable bonds is 4. The van der Waals surface area contributed by atoms with Gasteiger partial charge in [-0.3, -0.25) is 9.59 Å². The standard InChI is InChI=1S/C22H26FN3O2.ClH/c1-22(24,18-8-3-2-4-9-18)21(28)26-12-6-11-25(13-14-26)20(27)16-17-7-5-10-19(23)15-17;/h2-5,7-10,15H,6,11-14,16,24H2,1H3;1H. The summed E-state index contributed by atoms with van der Waals surface area (Å²) in [6, 6.07) is 15.4. The van der Waals surface area contributed by atoms with Gasteiger partial charge in [-0.1, -0.05) is 42.5 Å². The van der Waals surface area contributed by atoms with Gasteiger partial charge >= 0.3 is 0 Å². The summed E-state index contributed by atoms with van der Waals surface area (Å²) in [7, 11) is 0. The molecule has 1 aliphatic rings. The van der Waals surface area contributed by atoms with Crippen molar-refractivity contribution in [1.82, 2.24) is 9.80 Å². The quantitative estimate of drug-likeness (QED) is 0.828. The highest BCUT2D eigenvalue weighted by molar-refractivity contribution is 5.87. The van der Waals surface area contributed by atoms with E-state index in [1.807, 2.05) is 30.3 Å². The van der Waals surface area contributed by atoms with Crippen LogP contribution in [0.4, 0.5) is 4.39 Å². The third-order valence-corrected chi connectivity index (χ3v) is 5.20. The summed E-state index contributed by atoms with van der Waals surface area (Å²) in [4.78, 5) is 29.1. The number of carbonyl (C=O) groups is 2. The number of nitrogens with two attached hydrogens (primary N) is 1. The van der Waals surface area contributed by atoms with Crippen molar-refractivity contribution in [2.45, 2.75) is 25.3 Å². The van der Waals surface area contributed by atoms with Gasteiger partial charge in [-0.25, -0.2) is 4.39 Å². The van der Waals surface area contributed by atoms with Gasteiger partial charge in [0.25, 0.3) is 0 Å². The molecule has 3 rings (SSSR count). The Morgan fingerprint density at radius 1 is 1.00 bits per heavy atom. The first kappa shape index (κ1) is 22.8. The van der Waals surface area contributed by atoms with E-state index in [-0.39, 0.29) is 36.5 Å². The van der Waals surface area contributed by atoms with Gasteiger partial charge in [-0.2, -0.15) is 0 Å². The Hall–Kier alpha value is -2.44. The van der Waals surface area contributed by atoms with Gasteiger partial charge in [0.1, 0.15) is 11.4 Å². The fourth-order valence-corrected chi connectivity index (χ4v) is 3.54. The van der Waals surface area contributed by atoms with Crippen molar-refractivity contribution in [2.75, 3.05) is 26.2 Å². The third-order valence-electron chi connectivity index (χ3n) is 5.20. The molecule has 0 bridgehead atoms. The summed E-state index contributed by atoms with van der Waals surface area (Å²) in [5, 5.41) is 0. The van der Waals surface area contributed by atoms with E-state index in [4.69, 9.17) is 5.73 Å². The van der Waals surface area contributed by atoms with Crippen LogP contribution in [-0.2, 0) is 21.5 Å². The van der Waals surface area contributed by atoms with Crippen LogP contribution in [0.5, 0.6) is 0 Å². The molecule has 0 spiro atoms. The minimum atomic E-state index is -1.11. The normalized spacial score (nSPS) is 16.4. The fraction of sp³-hybridized carbons (Fsp3) is 0.364. The second kappa shape index (κ2) is 9.85. The lowest BCUT2D eigenvalue weighted by molar-refractivity contribution is -0.137. The molecule has 1 heterocycles. The van der Waals surface area contributed by atoms with Crippen LogP contribution in [-0.4, -0.2) is 47.8 Å². The Morgan fingerprint density at radius 2 is 1.66 bits per heavy atom. The minimum Gasteiger partial charge on any atom is -0.341 e. The van der Waals surface area contributed by atoms with Crippen LogP contribution in [0.25, 0.3) is 0 Å². The number of carbonyl (C=O) groups excluding carboxylic acids is 2. The highest BCUT2D eigenvalue weighted by atomic mass is 35.5. The molecule has 1 unspecified atom stereocenters. The van der Waals surface area contributed by atoms with Crippen LogP contribution in [0.3, 0.4) is 0 Å². The number of hydrogen-bond donors (Lipinski definition) is 1. The monoisotopic (exact) mass is 419 g/mol. The third kappa shape index (κ3) is 5.55. The fourth-order valence-electron chi connectivity index (χ4n) is 3.54. The Bertz CT molecular complexity index is 845. The number of nitrogens with zero attached hydrogens (tertiary/aromatic N) is 2. The first-order valence-corrected chi connectivity index (χ1v) is 9.54. The highest BCUT2D eigenvalue weighted by Gasteiger charge is 2.35. The van der Waals surface area contributed by atoms with Gasteiger partial charge in [-0.05, 0) is 36.6 Å². The van der Waals surface area contributed by atoms with E-state index in [1.165, 1.54) is 12.1 Å². The van der Waals surface area contributed by atoms with E-state index in [0.717, 1.165) is 5.56 Å². The van der Waals surface area contributed by atoms with E-state index in [1.54, 1.807) is 28.9 Å². The summed E-state index contributed by atoms with van der Waals surface area (Å²) in [6.45, 7) is 3.74. The summed E-state index contributed by atoms with van der Waals surface area (Å²) in [5.41, 5.74) is 6.68. The lowest BCUT2D eigenvalue weighted by Crippen LogP contribution is -2.52. The molecule has 0 aliphatic carbocycles. The van der Waals surface area contributed by atoms with Gasteiger partial charge in [0.15, 0.2) is 0 Å². The lowest BCUT2D eigenvalue weighted by atomic mass is 9.91. The van der Waals surface area contributed by atoms with Gasteiger partial charge < -0.3 is 15.5 Å². The average molecular weight is 420 g/mol. The maximum Gasteiger partial charge on any atom is 0.247 e. The van der Waals surface area contributed by atoms with Crippen LogP contribution in [0.2, 0.25) is 0 Å². The lowest BCUT2D eigenvalue weighted by Gasteiger charge is -2.31. The summed E-state index contributed by atoms with van der Waals surface area (Å²) >= 11 is 0. The Kier molecular flexibility index (Phi) is 7.76. The number of amides is 2. The molecule has 0 saturated carbocycles.